The van der Waals surface area contributed by atoms with E-state index in [1.807, 2.05) is 0 Å². The molecule has 1 rings (SSSR count). The summed E-state index contributed by atoms with van der Waals surface area (Å²) in [6.07, 6.45) is 4.24. The Balaban J connectivity index is 2.59. The van der Waals surface area contributed by atoms with Gasteiger partial charge < -0.3 is 4.90 Å². The predicted molar refractivity (Wildman–Crippen MR) is 58.8 cm³/mol. The summed E-state index contributed by atoms with van der Waals surface area (Å²) in [6, 6.07) is 8.56. The van der Waals surface area contributed by atoms with E-state index in [9.17, 15) is 0 Å². The molecule has 1 aromatic carbocycles. The summed E-state index contributed by atoms with van der Waals surface area (Å²) in [5.41, 5.74) is 2.53. The molecule has 13 heavy (non-hydrogen) atoms. The Kier molecular flexibility index (Phi) is 3.81. The van der Waals surface area contributed by atoms with Gasteiger partial charge in [0.1, 0.15) is 0 Å². The van der Waals surface area contributed by atoms with Crippen LogP contribution in [0, 0.1) is 13.3 Å². The standard InChI is InChI=1S/C12H17N/c1-4-5-6-11-7-9-12(10-8-11)13(2)3/h6-10H,1,4-5H2,2-3H3. The van der Waals surface area contributed by atoms with Gasteiger partial charge in [0.05, 0.1) is 0 Å². The van der Waals surface area contributed by atoms with Crippen LogP contribution in [0.25, 0.3) is 0 Å². The van der Waals surface area contributed by atoms with Gasteiger partial charge in [-0.1, -0.05) is 25.5 Å². The third-order valence-corrected chi connectivity index (χ3v) is 1.99. The zero-order valence-corrected chi connectivity index (χ0v) is 8.46. The van der Waals surface area contributed by atoms with Crippen LogP contribution < -0.4 is 4.90 Å². The molecule has 1 aromatic rings. The van der Waals surface area contributed by atoms with E-state index in [2.05, 4.69) is 56.6 Å². The van der Waals surface area contributed by atoms with Crippen molar-refractivity contribution < 1.29 is 0 Å². The lowest BCUT2D eigenvalue weighted by molar-refractivity contribution is 0.987. The summed E-state index contributed by atoms with van der Waals surface area (Å²) < 4.78 is 0. The molecular formula is C12H17N. The minimum Gasteiger partial charge on any atom is -0.378 e. The lowest BCUT2D eigenvalue weighted by Gasteiger charge is -2.12. The SMILES string of the molecule is [CH2]CC[CH]c1ccc(N(C)C)cc1. The zero-order valence-electron chi connectivity index (χ0n) is 8.46. The monoisotopic (exact) mass is 175 g/mol. The number of rotatable bonds is 4. The fourth-order valence-corrected chi connectivity index (χ4v) is 1.18. The highest BCUT2D eigenvalue weighted by Gasteiger charge is 1.95. The summed E-state index contributed by atoms with van der Waals surface area (Å²) in [5, 5.41) is 0. The second kappa shape index (κ2) is 4.90. The molecule has 70 valence electrons. The van der Waals surface area contributed by atoms with Gasteiger partial charge in [0.25, 0.3) is 0 Å². The number of anilines is 1. The molecule has 0 saturated carbocycles. The maximum Gasteiger partial charge on any atom is 0.0361 e. The first-order chi connectivity index (χ1) is 6.24. The predicted octanol–water partition coefficient (Wildman–Crippen LogP) is 2.92. The van der Waals surface area contributed by atoms with Crippen molar-refractivity contribution in [3.05, 3.63) is 43.2 Å². The Labute approximate surface area is 81.4 Å². The summed E-state index contributed by atoms with van der Waals surface area (Å²) in [4.78, 5) is 2.10. The summed E-state index contributed by atoms with van der Waals surface area (Å²) in [7, 11) is 4.10. The topological polar surface area (TPSA) is 3.24 Å². The van der Waals surface area contributed by atoms with Crippen LogP contribution in [0.1, 0.15) is 18.4 Å². The van der Waals surface area contributed by atoms with Gasteiger partial charge in [-0.05, 0) is 30.5 Å². The van der Waals surface area contributed by atoms with E-state index in [0.29, 0.717) is 0 Å². The molecule has 1 nitrogen and oxygen atoms in total. The molecule has 0 aromatic heterocycles. The summed E-state index contributed by atoms with van der Waals surface area (Å²) in [6.45, 7) is 3.81. The highest BCUT2D eigenvalue weighted by molar-refractivity contribution is 5.47. The molecule has 1 heteroatoms. The van der Waals surface area contributed by atoms with E-state index in [-0.39, 0.29) is 0 Å². The first-order valence-electron chi connectivity index (χ1n) is 4.64. The van der Waals surface area contributed by atoms with Crippen LogP contribution in [-0.2, 0) is 0 Å². The lowest BCUT2D eigenvalue weighted by atomic mass is 10.1. The smallest absolute Gasteiger partial charge is 0.0361 e. The molecule has 0 saturated heterocycles. The molecule has 0 amide bonds. The number of nitrogens with zero attached hydrogens (tertiary/aromatic N) is 1. The van der Waals surface area contributed by atoms with E-state index in [1.54, 1.807) is 0 Å². The number of hydrogen-bond acceptors (Lipinski definition) is 1. The van der Waals surface area contributed by atoms with Crippen molar-refractivity contribution in [3.63, 3.8) is 0 Å². The Bertz CT molecular complexity index is 236. The van der Waals surface area contributed by atoms with Crippen molar-refractivity contribution in [2.24, 2.45) is 0 Å². The molecule has 0 heterocycles. The van der Waals surface area contributed by atoms with E-state index < -0.39 is 0 Å². The Morgan fingerprint density at radius 1 is 1.23 bits per heavy atom. The van der Waals surface area contributed by atoms with Gasteiger partial charge in [-0.15, -0.1) is 0 Å². The van der Waals surface area contributed by atoms with Gasteiger partial charge in [-0.3, -0.25) is 0 Å². The number of benzene rings is 1. The molecule has 2 radical (unpaired) electrons. The van der Waals surface area contributed by atoms with Crippen molar-refractivity contribution in [1.82, 2.24) is 0 Å². The molecule has 0 aliphatic carbocycles. The van der Waals surface area contributed by atoms with Crippen LogP contribution >= 0.6 is 0 Å². The van der Waals surface area contributed by atoms with Crippen molar-refractivity contribution in [3.8, 4) is 0 Å². The second-order valence-corrected chi connectivity index (χ2v) is 3.33. The largest absolute Gasteiger partial charge is 0.378 e. The van der Waals surface area contributed by atoms with Gasteiger partial charge in [0, 0.05) is 19.8 Å². The first-order valence-corrected chi connectivity index (χ1v) is 4.64. The molecule has 0 aliphatic rings. The third-order valence-electron chi connectivity index (χ3n) is 1.99. The van der Waals surface area contributed by atoms with Gasteiger partial charge in [0.15, 0.2) is 0 Å². The average molecular weight is 175 g/mol. The minimum atomic E-state index is 0.968. The average Bonchev–Trinajstić information content (AvgIpc) is 2.15. The number of unbranched alkanes of at least 4 members (excludes halogenated alkanes) is 1. The van der Waals surface area contributed by atoms with Gasteiger partial charge in [0.2, 0.25) is 0 Å². The van der Waals surface area contributed by atoms with Crippen molar-refractivity contribution >= 4 is 5.69 Å². The van der Waals surface area contributed by atoms with Crippen molar-refractivity contribution in [1.29, 1.82) is 0 Å². The van der Waals surface area contributed by atoms with E-state index in [1.165, 1.54) is 11.3 Å². The Morgan fingerprint density at radius 3 is 2.31 bits per heavy atom. The summed E-state index contributed by atoms with van der Waals surface area (Å²) in [5.74, 6) is 0. The zero-order chi connectivity index (χ0) is 9.68. The van der Waals surface area contributed by atoms with Crippen LogP contribution in [0.4, 0.5) is 5.69 Å². The van der Waals surface area contributed by atoms with E-state index in [0.717, 1.165) is 12.8 Å². The fraction of sp³-hybridized carbons (Fsp3) is 0.333. The Hall–Kier alpha value is -0.980. The molecule has 0 bridgehead atoms. The second-order valence-electron chi connectivity index (χ2n) is 3.33. The quantitative estimate of drug-likeness (QED) is 0.680. The Morgan fingerprint density at radius 2 is 1.85 bits per heavy atom. The minimum absolute atomic E-state index is 0.968. The maximum absolute atomic E-state index is 3.81. The maximum atomic E-state index is 3.81. The van der Waals surface area contributed by atoms with Crippen molar-refractivity contribution in [2.75, 3.05) is 19.0 Å². The number of hydrogen-bond donors (Lipinski definition) is 0. The molecular weight excluding hydrogens is 158 g/mol. The van der Waals surface area contributed by atoms with Crippen LogP contribution in [0.5, 0.6) is 0 Å². The fourth-order valence-electron chi connectivity index (χ4n) is 1.18. The normalized spacial score (nSPS) is 10.1. The molecule has 0 aliphatic heterocycles. The third kappa shape index (κ3) is 3.10. The molecule has 0 spiro atoms. The van der Waals surface area contributed by atoms with Gasteiger partial charge in [-0.2, -0.15) is 0 Å². The van der Waals surface area contributed by atoms with Crippen molar-refractivity contribution in [2.45, 2.75) is 12.8 Å². The van der Waals surface area contributed by atoms with Gasteiger partial charge in [-0.25, -0.2) is 0 Å². The highest BCUT2D eigenvalue weighted by atomic mass is 15.1. The highest BCUT2D eigenvalue weighted by Crippen LogP contribution is 2.14. The van der Waals surface area contributed by atoms with Crippen LogP contribution in [0.3, 0.4) is 0 Å². The van der Waals surface area contributed by atoms with Crippen LogP contribution in [0.15, 0.2) is 24.3 Å². The van der Waals surface area contributed by atoms with Crippen LogP contribution in [0.2, 0.25) is 0 Å². The van der Waals surface area contributed by atoms with E-state index >= 15 is 0 Å². The van der Waals surface area contributed by atoms with Crippen LogP contribution in [-0.4, -0.2) is 14.1 Å². The molecule has 0 atom stereocenters. The van der Waals surface area contributed by atoms with E-state index in [4.69, 9.17) is 0 Å². The van der Waals surface area contributed by atoms with Gasteiger partial charge >= 0.3 is 0 Å². The molecule has 0 unspecified atom stereocenters. The molecule has 0 fully saturated rings. The first kappa shape index (κ1) is 10.1. The lowest BCUT2D eigenvalue weighted by Crippen LogP contribution is -2.08. The summed E-state index contributed by atoms with van der Waals surface area (Å²) >= 11 is 0. The molecule has 0 N–H and O–H groups in total.